The highest BCUT2D eigenvalue weighted by atomic mass is 16.3. The molecule has 1 N–H and O–H groups in total. The number of aliphatic hydroxyl groups excluding tert-OH is 1. The van der Waals surface area contributed by atoms with E-state index in [-0.39, 0.29) is 12.2 Å². The highest BCUT2D eigenvalue weighted by molar-refractivity contribution is 5.70. The van der Waals surface area contributed by atoms with Crippen LogP contribution >= 0.6 is 0 Å². The van der Waals surface area contributed by atoms with Crippen LogP contribution in [0, 0.1) is 11.3 Å². The van der Waals surface area contributed by atoms with Gasteiger partial charge in [-0.05, 0) is 47.7 Å². The first-order valence-corrected chi connectivity index (χ1v) is 9.58. The van der Waals surface area contributed by atoms with Gasteiger partial charge in [0.2, 0.25) is 0 Å². The molecule has 4 nitrogen and oxygen atoms in total. The van der Waals surface area contributed by atoms with Crippen molar-refractivity contribution in [3.05, 3.63) is 93.4 Å². The second-order valence-electron chi connectivity index (χ2n) is 6.86. The summed E-state index contributed by atoms with van der Waals surface area (Å²) in [5, 5.41) is 18.8. The summed E-state index contributed by atoms with van der Waals surface area (Å²) >= 11 is 0. The van der Waals surface area contributed by atoms with E-state index in [1.54, 1.807) is 10.6 Å². The molecule has 0 amide bonds. The molecule has 0 aliphatic heterocycles. The van der Waals surface area contributed by atoms with Crippen LogP contribution in [0.3, 0.4) is 0 Å². The van der Waals surface area contributed by atoms with Gasteiger partial charge in [-0.2, -0.15) is 5.26 Å². The number of pyridine rings is 1. The molecule has 0 spiro atoms. The predicted octanol–water partition coefficient (Wildman–Crippen LogP) is 4.27. The van der Waals surface area contributed by atoms with Gasteiger partial charge in [-0.1, -0.05) is 55.8 Å². The van der Waals surface area contributed by atoms with E-state index < -0.39 is 0 Å². The van der Waals surface area contributed by atoms with Crippen LogP contribution in [0.1, 0.15) is 42.1 Å². The number of hydrogen-bond acceptors (Lipinski definition) is 3. The topological polar surface area (TPSA) is 66.0 Å². The fraction of sp³-hybridized carbons (Fsp3) is 0.250. The van der Waals surface area contributed by atoms with E-state index in [0.29, 0.717) is 17.7 Å². The molecule has 0 unspecified atom stereocenters. The molecule has 4 heteroatoms. The van der Waals surface area contributed by atoms with E-state index in [2.05, 4.69) is 13.0 Å². The zero-order chi connectivity index (χ0) is 19.9. The zero-order valence-electron chi connectivity index (χ0n) is 16.1. The quantitative estimate of drug-likeness (QED) is 0.673. The summed E-state index contributed by atoms with van der Waals surface area (Å²) in [6, 6.07) is 21.4. The van der Waals surface area contributed by atoms with Gasteiger partial charge in [-0.3, -0.25) is 4.79 Å². The Hall–Kier alpha value is -3.16. The second kappa shape index (κ2) is 9.16. The minimum atomic E-state index is -0.253. The maximum Gasteiger partial charge on any atom is 0.256 e. The summed E-state index contributed by atoms with van der Waals surface area (Å²) in [6.07, 6.45) is 2.91. The first kappa shape index (κ1) is 19.6. The number of rotatable bonds is 7. The summed E-state index contributed by atoms with van der Waals surface area (Å²) in [5.41, 5.74) is 4.80. The van der Waals surface area contributed by atoms with Crippen LogP contribution in [0.2, 0.25) is 0 Å². The third-order valence-electron chi connectivity index (χ3n) is 4.95. The van der Waals surface area contributed by atoms with Gasteiger partial charge in [0.15, 0.2) is 0 Å². The summed E-state index contributed by atoms with van der Waals surface area (Å²) < 4.78 is 1.76. The fourth-order valence-electron chi connectivity index (χ4n) is 3.34. The van der Waals surface area contributed by atoms with Gasteiger partial charge in [0.05, 0.1) is 24.8 Å². The number of hydrogen-bond donors (Lipinski definition) is 1. The first-order valence-electron chi connectivity index (χ1n) is 9.58. The number of aryl methyl sites for hydroxylation is 1. The molecule has 0 radical (unpaired) electrons. The minimum Gasteiger partial charge on any atom is -0.391 e. The van der Waals surface area contributed by atoms with E-state index in [0.717, 1.165) is 41.6 Å². The van der Waals surface area contributed by atoms with Crippen molar-refractivity contribution in [2.24, 2.45) is 0 Å². The zero-order valence-corrected chi connectivity index (χ0v) is 16.1. The van der Waals surface area contributed by atoms with E-state index in [4.69, 9.17) is 0 Å². The van der Waals surface area contributed by atoms with Crippen LogP contribution in [0.5, 0.6) is 0 Å². The van der Waals surface area contributed by atoms with Gasteiger partial charge in [-0.15, -0.1) is 0 Å². The number of aromatic nitrogens is 1. The van der Waals surface area contributed by atoms with E-state index in [9.17, 15) is 15.2 Å². The van der Waals surface area contributed by atoms with Crippen molar-refractivity contribution in [2.75, 3.05) is 0 Å². The molecule has 3 rings (SSSR count). The molecular formula is C24H24N2O2. The largest absolute Gasteiger partial charge is 0.391 e. The standard InChI is InChI=1S/C24H24N2O2/c1-2-3-7-22-14-13-21(17-27)24(28)26(22)16-18-9-11-19(12-10-18)23-8-5-4-6-20(23)15-25/h4-6,8-14,27H,2-3,7,16-17H2,1H3. The maximum absolute atomic E-state index is 12.7. The average molecular weight is 372 g/mol. The van der Waals surface area contributed by atoms with Crippen molar-refractivity contribution in [3.8, 4) is 17.2 Å². The Bertz CT molecular complexity index is 1040. The Kier molecular flexibility index (Phi) is 6.41. The lowest BCUT2D eigenvalue weighted by atomic mass is 9.99. The van der Waals surface area contributed by atoms with Gasteiger partial charge in [0.25, 0.3) is 5.56 Å². The Labute approximate surface area is 165 Å². The van der Waals surface area contributed by atoms with Crippen molar-refractivity contribution in [2.45, 2.75) is 39.3 Å². The number of nitriles is 1. The van der Waals surface area contributed by atoms with Crippen molar-refractivity contribution >= 4 is 0 Å². The second-order valence-corrected chi connectivity index (χ2v) is 6.86. The van der Waals surface area contributed by atoms with Gasteiger partial charge >= 0.3 is 0 Å². The third kappa shape index (κ3) is 4.21. The molecule has 142 valence electrons. The van der Waals surface area contributed by atoms with Gasteiger partial charge in [-0.25, -0.2) is 0 Å². The molecule has 0 bridgehead atoms. The van der Waals surface area contributed by atoms with Gasteiger partial charge in [0, 0.05) is 11.3 Å². The molecular weight excluding hydrogens is 348 g/mol. The minimum absolute atomic E-state index is 0.130. The van der Waals surface area contributed by atoms with Crippen molar-refractivity contribution in [1.29, 1.82) is 5.26 Å². The number of aliphatic hydroxyl groups is 1. The van der Waals surface area contributed by atoms with Crippen LogP contribution in [-0.2, 0) is 19.6 Å². The van der Waals surface area contributed by atoms with Crippen LogP contribution in [0.15, 0.2) is 65.5 Å². The number of nitrogens with zero attached hydrogens (tertiary/aromatic N) is 2. The molecule has 0 aliphatic rings. The molecule has 0 saturated heterocycles. The highest BCUT2D eigenvalue weighted by Gasteiger charge is 2.10. The molecule has 28 heavy (non-hydrogen) atoms. The molecule has 0 atom stereocenters. The monoisotopic (exact) mass is 372 g/mol. The maximum atomic E-state index is 12.7. The van der Waals surface area contributed by atoms with Crippen molar-refractivity contribution < 1.29 is 5.11 Å². The SMILES string of the molecule is CCCCc1ccc(CO)c(=O)n1Cc1ccc(-c2ccccc2C#N)cc1. The van der Waals surface area contributed by atoms with Crippen LogP contribution < -0.4 is 5.56 Å². The molecule has 0 fully saturated rings. The first-order chi connectivity index (χ1) is 13.7. The van der Waals surface area contributed by atoms with E-state index in [1.807, 2.05) is 54.6 Å². The highest BCUT2D eigenvalue weighted by Crippen LogP contribution is 2.23. The van der Waals surface area contributed by atoms with Gasteiger partial charge < -0.3 is 9.67 Å². The summed E-state index contributed by atoms with van der Waals surface area (Å²) in [6.45, 7) is 2.34. The average Bonchev–Trinajstić information content (AvgIpc) is 2.74. The Morgan fingerprint density at radius 3 is 2.46 bits per heavy atom. The van der Waals surface area contributed by atoms with Crippen LogP contribution in [0.4, 0.5) is 0 Å². The molecule has 3 aromatic rings. The molecule has 1 heterocycles. The van der Waals surface area contributed by atoms with E-state index in [1.165, 1.54) is 0 Å². The molecule has 0 saturated carbocycles. The lowest BCUT2D eigenvalue weighted by molar-refractivity contribution is 0.279. The number of unbranched alkanes of at least 4 members (excludes halogenated alkanes) is 1. The lowest BCUT2D eigenvalue weighted by Gasteiger charge is -2.15. The molecule has 1 aromatic heterocycles. The summed E-state index contributed by atoms with van der Waals surface area (Å²) in [7, 11) is 0. The van der Waals surface area contributed by atoms with Gasteiger partial charge in [0.1, 0.15) is 0 Å². The summed E-state index contributed by atoms with van der Waals surface area (Å²) in [4.78, 5) is 12.7. The number of benzene rings is 2. The van der Waals surface area contributed by atoms with Crippen LogP contribution in [0.25, 0.3) is 11.1 Å². The normalized spacial score (nSPS) is 10.6. The molecule has 2 aromatic carbocycles. The lowest BCUT2D eigenvalue weighted by Crippen LogP contribution is -2.27. The van der Waals surface area contributed by atoms with E-state index >= 15 is 0 Å². The third-order valence-corrected chi connectivity index (χ3v) is 4.95. The molecule has 0 aliphatic carbocycles. The van der Waals surface area contributed by atoms with Crippen LogP contribution in [-0.4, -0.2) is 9.67 Å². The fourth-order valence-corrected chi connectivity index (χ4v) is 3.34. The van der Waals surface area contributed by atoms with Crippen molar-refractivity contribution in [1.82, 2.24) is 4.57 Å². The Balaban J connectivity index is 1.92. The Morgan fingerprint density at radius 1 is 1.04 bits per heavy atom. The predicted molar refractivity (Wildman–Crippen MR) is 111 cm³/mol. The van der Waals surface area contributed by atoms with Crippen molar-refractivity contribution in [3.63, 3.8) is 0 Å². The summed E-state index contributed by atoms with van der Waals surface area (Å²) in [5.74, 6) is 0. The Morgan fingerprint density at radius 2 is 1.79 bits per heavy atom. The smallest absolute Gasteiger partial charge is 0.256 e.